The molecule has 4 N–H and O–H groups in total. The third-order valence-electron chi connectivity index (χ3n) is 2.20. The summed E-state index contributed by atoms with van der Waals surface area (Å²) in [6, 6.07) is 7.24. The van der Waals surface area contributed by atoms with E-state index in [1.807, 2.05) is 19.1 Å². The number of carbonyl (C=O) groups excluding carboxylic acids is 1. The Balaban J connectivity index is 2.65. The van der Waals surface area contributed by atoms with Crippen molar-refractivity contribution in [3.8, 4) is 0 Å². The van der Waals surface area contributed by atoms with E-state index in [0.29, 0.717) is 17.9 Å². The van der Waals surface area contributed by atoms with Crippen LogP contribution < -0.4 is 11.1 Å². The fourth-order valence-electron chi connectivity index (χ4n) is 1.32. The quantitative estimate of drug-likeness (QED) is 0.239. The van der Waals surface area contributed by atoms with Gasteiger partial charge >= 0.3 is 0 Å². The van der Waals surface area contributed by atoms with Crippen molar-refractivity contribution >= 4 is 23.5 Å². The van der Waals surface area contributed by atoms with E-state index in [2.05, 4.69) is 10.5 Å². The maximum atomic E-state index is 11.5. The number of oxime groups is 1. The van der Waals surface area contributed by atoms with Crippen LogP contribution in [0.5, 0.6) is 0 Å². The summed E-state index contributed by atoms with van der Waals surface area (Å²) in [5.74, 6) is 0.346. The van der Waals surface area contributed by atoms with Crippen LogP contribution in [-0.4, -0.2) is 29.2 Å². The molecule has 0 aliphatic rings. The van der Waals surface area contributed by atoms with E-state index >= 15 is 0 Å². The molecule has 5 nitrogen and oxygen atoms in total. The van der Waals surface area contributed by atoms with Gasteiger partial charge in [-0.15, -0.1) is 11.8 Å². The summed E-state index contributed by atoms with van der Waals surface area (Å²) in [4.78, 5) is 12.3. The highest BCUT2D eigenvalue weighted by atomic mass is 32.2. The lowest BCUT2D eigenvalue weighted by molar-refractivity contribution is -0.118. The third kappa shape index (κ3) is 4.29. The molecule has 0 heterocycles. The lowest BCUT2D eigenvalue weighted by Gasteiger charge is -2.07. The van der Waals surface area contributed by atoms with Crippen LogP contribution in [0.15, 0.2) is 34.3 Å². The maximum Gasteiger partial charge on any atom is 0.230 e. The SMILES string of the molecule is CCCNC(=O)CSc1ccccc1/C(N)=N/O. The molecule has 1 aromatic rings. The minimum atomic E-state index is -0.0174. The highest BCUT2D eigenvalue weighted by molar-refractivity contribution is 8.00. The van der Waals surface area contributed by atoms with Gasteiger partial charge < -0.3 is 16.3 Å². The summed E-state index contributed by atoms with van der Waals surface area (Å²) in [5.41, 5.74) is 6.20. The molecule has 0 unspecified atom stereocenters. The van der Waals surface area contributed by atoms with Crippen LogP contribution in [0.3, 0.4) is 0 Å². The van der Waals surface area contributed by atoms with E-state index in [9.17, 15) is 4.79 Å². The van der Waals surface area contributed by atoms with Gasteiger partial charge in [0.1, 0.15) is 0 Å². The minimum Gasteiger partial charge on any atom is -0.409 e. The number of carbonyl (C=O) groups is 1. The average molecular weight is 267 g/mol. The molecule has 0 fully saturated rings. The van der Waals surface area contributed by atoms with Crippen molar-refractivity contribution in [2.24, 2.45) is 10.9 Å². The highest BCUT2D eigenvalue weighted by Crippen LogP contribution is 2.22. The Hall–Kier alpha value is -1.69. The second-order valence-corrected chi connectivity index (χ2v) is 4.64. The number of nitrogens with zero attached hydrogens (tertiary/aromatic N) is 1. The van der Waals surface area contributed by atoms with Gasteiger partial charge in [0.2, 0.25) is 5.91 Å². The van der Waals surface area contributed by atoms with E-state index in [0.717, 1.165) is 11.3 Å². The molecule has 1 rings (SSSR count). The van der Waals surface area contributed by atoms with Gasteiger partial charge in [0.05, 0.1) is 5.75 Å². The topological polar surface area (TPSA) is 87.7 Å². The summed E-state index contributed by atoms with van der Waals surface area (Å²) >= 11 is 1.37. The van der Waals surface area contributed by atoms with Gasteiger partial charge in [0.25, 0.3) is 0 Å². The average Bonchev–Trinajstić information content (AvgIpc) is 2.42. The first-order chi connectivity index (χ1) is 8.69. The van der Waals surface area contributed by atoms with Crippen molar-refractivity contribution < 1.29 is 10.0 Å². The van der Waals surface area contributed by atoms with Crippen molar-refractivity contribution in [1.29, 1.82) is 0 Å². The van der Waals surface area contributed by atoms with Gasteiger partial charge in [-0.3, -0.25) is 4.79 Å². The van der Waals surface area contributed by atoms with E-state index < -0.39 is 0 Å². The molecule has 0 aliphatic carbocycles. The summed E-state index contributed by atoms with van der Waals surface area (Å²) in [5, 5.41) is 14.5. The van der Waals surface area contributed by atoms with E-state index in [4.69, 9.17) is 10.9 Å². The smallest absolute Gasteiger partial charge is 0.230 e. The second kappa shape index (κ2) is 7.60. The zero-order valence-electron chi connectivity index (χ0n) is 10.2. The third-order valence-corrected chi connectivity index (χ3v) is 3.28. The Kier molecular flexibility index (Phi) is 6.07. The van der Waals surface area contributed by atoms with Crippen LogP contribution in [-0.2, 0) is 4.79 Å². The Morgan fingerprint density at radius 1 is 1.50 bits per heavy atom. The monoisotopic (exact) mass is 267 g/mol. The van der Waals surface area contributed by atoms with E-state index in [-0.39, 0.29) is 11.7 Å². The second-order valence-electron chi connectivity index (χ2n) is 3.62. The minimum absolute atomic E-state index is 0.0174. The number of amides is 1. The molecular weight excluding hydrogens is 250 g/mol. The molecule has 0 aromatic heterocycles. The van der Waals surface area contributed by atoms with Crippen LogP contribution >= 0.6 is 11.8 Å². The van der Waals surface area contributed by atoms with Gasteiger partial charge in [-0.25, -0.2) is 0 Å². The molecule has 1 amide bonds. The Morgan fingerprint density at radius 2 is 2.22 bits per heavy atom. The first-order valence-electron chi connectivity index (χ1n) is 5.65. The molecule has 0 radical (unpaired) electrons. The van der Waals surface area contributed by atoms with Crippen LogP contribution in [0.25, 0.3) is 0 Å². The van der Waals surface area contributed by atoms with Crippen molar-refractivity contribution in [2.75, 3.05) is 12.3 Å². The molecule has 0 saturated carbocycles. The van der Waals surface area contributed by atoms with Crippen LogP contribution in [0.1, 0.15) is 18.9 Å². The summed E-state index contributed by atoms with van der Waals surface area (Å²) in [6.45, 7) is 2.68. The molecule has 0 saturated heterocycles. The van der Waals surface area contributed by atoms with E-state index in [1.54, 1.807) is 12.1 Å². The van der Waals surface area contributed by atoms with Crippen molar-refractivity contribution in [3.05, 3.63) is 29.8 Å². The van der Waals surface area contributed by atoms with E-state index in [1.165, 1.54) is 11.8 Å². The van der Waals surface area contributed by atoms with Gasteiger partial charge in [-0.2, -0.15) is 0 Å². The number of nitrogens with two attached hydrogens (primary N) is 1. The predicted molar refractivity (Wildman–Crippen MR) is 73.0 cm³/mol. The Morgan fingerprint density at radius 3 is 2.89 bits per heavy atom. The fourth-order valence-corrected chi connectivity index (χ4v) is 2.21. The number of hydrogen-bond acceptors (Lipinski definition) is 4. The number of nitrogens with one attached hydrogen (secondary N) is 1. The molecule has 0 bridgehead atoms. The van der Waals surface area contributed by atoms with Gasteiger partial charge in [-0.1, -0.05) is 30.3 Å². The molecule has 0 spiro atoms. The van der Waals surface area contributed by atoms with Crippen LogP contribution in [0.2, 0.25) is 0 Å². The number of thioether (sulfide) groups is 1. The molecule has 0 atom stereocenters. The Labute approximate surface area is 110 Å². The molecule has 6 heteroatoms. The van der Waals surface area contributed by atoms with Crippen molar-refractivity contribution in [3.63, 3.8) is 0 Å². The lowest BCUT2D eigenvalue weighted by atomic mass is 10.2. The first kappa shape index (κ1) is 14.4. The van der Waals surface area contributed by atoms with Gasteiger partial charge in [0.15, 0.2) is 5.84 Å². The number of hydrogen-bond donors (Lipinski definition) is 3. The summed E-state index contributed by atoms with van der Waals surface area (Å²) in [6.07, 6.45) is 0.914. The fraction of sp³-hybridized carbons (Fsp3) is 0.333. The van der Waals surface area contributed by atoms with Gasteiger partial charge in [-0.05, 0) is 12.5 Å². The molecular formula is C12H17N3O2S. The van der Waals surface area contributed by atoms with Crippen LogP contribution in [0, 0.1) is 0 Å². The lowest BCUT2D eigenvalue weighted by Crippen LogP contribution is -2.25. The molecule has 0 aliphatic heterocycles. The van der Waals surface area contributed by atoms with Crippen LogP contribution in [0.4, 0.5) is 0 Å². The normalized spacial score (nSPS) is 11.3. The largest absolute Gasteiger partial charge is 0.409 e. The molecule has 18 heavy (non-hydrogen) atoms. The van der Waals surface area contributed by atoms with Crippen molar-refractivity contribution in [2.45, 2.75) is 18.2 Å². The zero-order chi connectivity index (χ0) is 13.4. The first-order valence-corrected chi connectivity index (χ1v) is 6.64. The zero-order valence-corrected chi connectivity index (χ0v) is 11.0. The number of amidine groups is 1. The molecule has 1 aromatic carbocycles. The number of rotatable bonds is 6. The predicted octanol–water partition coefficient (Wildman–Crippen LogP) is 1.40. The van der Waals surface area contributed by atoms with Crippen molar-refractivity contribution in [1.82, 2.24) is 5.32 Å². The highest BCUT2D eigenvalue weighted by Gasteiger charge is 2.08. The van der Waals surface area contributed by atoms with Gasteiger partial charge in [0, 0.05) is 17.0 Å². The summed E-state index contributed by atoms with van der Waals surface area (Å²) in [7, 11) is 0. The standard InChI is InChI=1S/C12H17N3O2S/c1-2-7-14-11(16)8-18-10-6-4-3-5-9(10)12(13)15-17/h3-6,17H,2,7-8H2,1H3,(H2,13,15)(H,14,16). The number of benzene rings is 1. The summed E-state index contributed by atoms with van der Waals surface area (Å²) < 4.78 is 0. The molecule has 98 valence electrons. The maximum absolute atomic E-state index is 11.5. The Bertz CT molecular complexity index is 435.